The molecule has 0 radical (unpaired) electrons. The molecule has 5 heteroatoms. The number of rotatable bonds is 5. The molecule has 2 N–H and O–H groups in total. The largest absolute Gasteiger partial charge is 0.490 e. The minimum atomic E-state index is -0.321. The lowest BCUT2D eigenvalue weighted by Gasteiger charge is -2.30. The van der Waals surface area contributed by atoms with Crippen LogP contribution in [0.1, 0.15) is 50.0 Å². The molecule has 0 unspecified atom stereocenters. The summed E-state index contributed by atoms with van der Waals surface area (Å²) >= 11 is 0. The third-order valence-corrected chi connectivity index (χ3v) is 5.31. The second-order valence-corrected chi connectivity index (χ2v) is 6.91. The molecule has 0 saturated heterocycles. The van der Waals surface area contributed by atoms with Crippen molar-refractivity contribution in [1.82, 2.24) is 9.97 Å². The van der Waals surface area contributed by atoms with Gasteiger partial charge in [0.25, 0.3) is 0 Å². The van der Waals surface area contributed by atoms with E-state index in [-0.39, 0.29) is 5.82 Å². The predicted molar refractivity (Wildman–Crippen MR) is 91.3 cm³/mol. The minimum absolute atomic E-state index is 0.321. The molecular weight excluding hydrogens is 305 g/mol. The molecule has 0 spiro atoms. The second kappa shape index (κ2) is 6.38. The highest BCUT2D eigenvalue weighted by Crippen LogP contribution is 2.44. The summed E-state index contributed by atoms with van der Waals surface area (Å²) in [5.41, 5.74) is 7.48. The number of hydrogen-bond acceptors (Lipinski definition) is 4. The Morgan fingerprint density at radius 1 is 1.08 bits per heavy atom. The Morgan fingerprint density at radius 3 is 2.46 bits per heavy atom. The normalized spacial score (nSPS) is 18.0. The van der Waals surface area contributed by atoms with Gasteiger partial charge in [0.15, 0.2) is 11.6 Å². The molecule has 1 heterocycles. The number of nitrogens with zero attached hydrogens (tertiary/aromatic N) is 2. The van der Waals surface area contributed by atoms with Crippen molar-refractivity contribution in [3.63, 3.8) is 0 Å². The average Bonchev–Trinajstić information content (AvgIpc) is 2.48. The Morgan fingerprint density at radius 2 is 1.88 bits per heavy atom. The quantitative estimate of drug-likeness (QED) is 0.889. The fourth-order valence-corrected chi connectivity index (χ4v) is 3.29. The maximum atomic E-state index is 15.2. The van der Waals surface area contributed by atoms with Crippen molar-refractivity contribution >= 4 is 5.82 Å². The van der Waals surface area contributed by atoms with E-state index in [2.05, 4.69) is 9.97 Å². The molecule has 1 aromatic carbocycles. The molecule has 24 heavy (non-hydrogen) atoms. The van der Waals surface area contributed by atoms with Gasteiger partial charge in [-0.05, 0) is 43.6 Å². The zero-order valence-corrected chi connectivity index (χ0v) is 13.7. The predicted octanol–water partition coefficient (Wildman–Crippen LogP) is 4.31. The highest BCUT2D eigenvalue weighted by molar-refractivity contribution is 5.64. The topological polar surface area (TPSA) is 61.0 Å². The third kappa shape index (κ3) is 2.83. The van der Waals surface area contributed by atoms with Crippen LogP contribution in [-0.2, 0) is 0 Å². The van der Waals surface area contributed by atoms with Crippen molar-refractivity contribution in [2.75, 3.05) is 12.3 Å². The number of anilines is 1. The number of ether oxygens (including phenoxy) is 1. The van der Waals surface area contributed by atoms with Crippen LogP contribution in [0.25, 0.3) is 11.3 Å². The van der Waals surface area contributed by atoms with Gasteiger partial charge in [0.2, 0.25) is 0 Å². The van der Waals surface area contributed by atoms with Gasteiger partial charge < -0.3 is 10.5 Å². The van der Waals surface area contributed by atoms with E-state index >= 15 is 4.39 Å². The van der Waals surface area contributed by atoms with Gasteiger partial charge in [-0.3, -0.25) is 4.98 Å². The lowest BCUT2D eigenvalue weighted by molar-refractivity contribution is 0.172. The molecule has 1 aromatic heterocycles. The Kier molecular flexibility index (Phi) is 4.08. The van der Waals surface area contributed by atoms with Crippen molar-refractivity contribution in [2.45, 2.75) is 44.4 Å². The van der Waals surface area contributed by atoms with Gasteiger partial charge in [-0.15, -0.1) is 0 Å². The standard InChI is InChI=1S/C19H22FN3O/c20-18-15(16-9-23-17(21)10-22-16)8-7-14(13-5-2-6-13)19(18)24-11-12-3-1-4-12/h7-10,12-13H,1-6,11H2,(H2,21,23). The SMILES string of the molecule is Nc1cnc(-c2ccc(C3CCC3)c(OCC3CCC3)c2F)cn1. The smallest absolute Gasteiger partial charge is 0.174 e. The van der Waals surface area contributed by atoms with Gasteiger partial charge in [-0.25, -0.2) is 9.37 Å². The number of nitrogen functional groups attached to an aromatic ring is 1. The number of hydrogen-bond donors (Lipinski definition) is 1. The third-order valence-electron chi connectivity index (χ3n) is 5.31. The van der Waals surface area contributed by atoms with Crippen LogP contribution in [0.3, 0.4) is 0 Å². The first kappa shape index (κ1) is 15.4. The van der Waals surface area contributed by atoms with E-state index in [4.69, 9.17) is 10.5 Å². The summed E-state index contributed by atoms with van der Waals surface area (Å²) in [6.45, 7) is 0.605. The number of benzene rings is 1. The maximum absolute atomic E-state index is 15.2. The summed E-state index contributed by atoms with van der Waals surface area (Å²) in [4.78, 5) is 8.21. The van der Waals surface area contributed by atoms with E-state index in [1.165, 1.54) is 38.1 Å². The minimum Gasteiger partial charge on any atom is -0.490 e. The Balaban J connectivity index is 1.68. The van der Waals surface area contributed by atoms with Gasteiger partial charge in [-0.2, -0.15) is 0 Å². The summed E-state index contributed by atoms with van der Waals surface area (Å²) in [6, 6.07) is 3.79. The van der Waals surface area contributed by atoms with Crippen molar-refractivity contribution in [1.29, 1.82) is 0 Å². The molecule has 4 rings (SSSR count). The molecule has 2 fully saturated rings. The maximum Gasteiger partial charge on any atom is 0.174 e. The Labute approximate surface area is 141 Å². The van der Waals surface area contributed by atoms with Crippen LogP contribution < -0.4 is 10.5 Å². The summed E-state index contributed by atoms with van der Waals surface area (Å²) in [5, 5.41) is 0. The van der Waals surface area contributed by atoms with Gasteiger partial charge in [0.1, 0.15) is 5.82 Å². The first-order chi connectivity index (χ1) is 11.7. The van der Waals surface area contributed by atoms with Gasteiger partial charge >= 0.3 is 0 Å². The summed E-state index contributed by atoms with van der Waals surface area (Å²) in [7, 11) is 0. The Hall–Kier alpha value is -2.17. The monoisotopic (exact) mass is 327 g/mol. The highest BCUT2D eigenvalue weighted by atomic mass is 19.1. The molecule has 0 aliphatic heterocycles. The molecule has 2 aliphatic rings. The van der Waals surface area contributed by atoms with Crippen molar-refractivity contribution in [3.05, 3.63) is 35.9 Å². The van der Waals surface area contributed by atoms with Crippen LogP contribution in [-0.4, -0.2) is 16.6 Å². The van der Waals surface area contributed by atoms with Gasteiger partial charge in [-0.1, -0.05) is 18.9 Å². The number of nitrogens with two attached hydrogens (primary N) is 1. The van der Waals surface area contributed by atoms with E-state index in [0.717, 1.165) is 18.4 Å². The molecule has 2 aliphatic carbocycles. The van der Waals surface area contributed by atoms with Crippen molar-refractivity contribution in [3.8, 4) is 17.0 Å². The van der Waals surface area contributed by atoms with Crippen LogP contribution in [0, 0.1) is 11.7 Å². The molecule has 2 aromatic rings. The van der Waals surface area contributed by atoms with Crippen LogP contribution >= 0.6 is 0 Å². The van der Waals surface area contributed by atoms with E-state index < -0.39 is 0 Å². The fourth-order valence-electron chi connectivity index (χ4n) is 3.29. The van der Waals surface area contributed by atoms with Crippen molar-refractivity contribution < 1.29 is 9.13 Å². The average molecular weight is 327 g/mol. The lowest BCUT2D eigenvalue weighted by Crippen LogP contribution is -2.21. The molecule has 126 valence electrons. The molecule has 2 saturated carbocycles. The molecule has 0 atom stereocenters. The summed E-state index contributed by atoms with van der Waals surface area (Å²) in [6.07, 6.45) is 10.0. The van der Waals surface area contributed by atoms with E-state index in [1.807, 2.05) is 6.07 Å². The van der Waals surface area contributed by atoms with Crippen molar-refractivity contribution in [2.24, 2.45) is 5.92 Å². The first-order valence-electron chi connectivity index (χ1n) is 8.75. The lowest BCUT2D eigenvalue weighted by atomic mass is 9.79. The second-order valence-electron chi connectivity index (χ2n) is 6.91. The van der Waals surface area contributed by atoms with E-state index in [9.17, 15) is 0 Å². The zero-order valence-electron chi connectivity index (χ0n) is 13.7. The summed E-state index contributed by atoms with van der Waals surface area (Å²) in [5.74, 6) is 1.41. The van der Waals surface area contributed by atoms with Gasteiger partial charge in [0.05, 0.1) is 24.7 Å². The van der Waals surface area contributed by atoms with E-state index in [1.54, 1.807) is 6.07 Å². The number of aromatic nitrogens is 2. The first-order valence-corrected chi connectivity index (χ1v) is 8.75. The molecular formula is C19H22FN3O. The van der Waals surface area contributed by atoms with Gasteiger partial charge in [0, 0.05) is 11.1 Å². The van der Waals surface area contributed by atoms with Crippen LogP contribution in [0.15, 0.2) is 24.5 Å². The van der Waals surface area contributed by atoms with Crippen LogP contribution in [0.2, 0.25) is 0 Å². The zero-order chi connectivity index (χ0) is 16.5. The van der Waals surface area contributed by atoms with E-state index in [0.29, 0.717) is 41.3 Å². The van der Waals surface area contributed by atoms with Crippen LogP contribution in [0.5, 0.6) is 5.75 Å². The highest BCUT2D eigenvalue weighted by Gasteiger charge is 2.28. The summed E-state index contributed by atoms with van der Waals surface area (Å²) < 4.78 is 21.2. The molecule has 0 amide bonds. The fraction of sp³-hybridized carbons (Fsp3) is 0.474. The van der Waals surface area contributed by atoms with Crippen LogP contribution in [0.4, 0.5) is 10.2 Å². The Bertz CT molecular complexity index is 724. The number of halogens is 1. The molecule has 0 bridgehead atoms. The molecule has 4 nitrogen and oxygen atoms in total.